The molecule has 0 aliphatic rings. The maximum absolute atomic E-state index is 13.8. The van der Waals surface area contributed by atoms with Gasteiger partial charge in [0.05, 0.1) is 0 Å². The highest BCUT2D eigenvalue weighted by atomic mass is 16.6. The molecule has 0 heterocycles. The van der Waals surface area contributed by atoms with Gasteiger partial charge < -0.3 is 14.9 Å². The summed E-state index contributed by atoms with van der Waals surface area (Å²) in [7, 11) is 0. The highest BCUT2D eigenvalue weighted by molar-refractivity contribution is 5.92. The van der Waals surface area contributed by atoms with Crippen molar-refractivity contribution in [3.05, 3.63) is 144 Å². The van der Waals surface area contributed by atoms with E-state index in [9.17, 15) is 19.8 Å². The van der Waals surface area contributed by atoms with Crippen molar-refractivity contribution in [3.8, 4) is 0 Å². The Morgan fingerprint density at radius 2 is 0.848 bits per heavy atom. The van der Waals surface area contributed by atoms with Crippen LogP contribution in [0.3, 0.4) is 0 Å². The number of benzene rings is 4. The number of aliphatic hydroxyl groups is 1. The standard InChI is InChI=1S/C28H22O5/c29-25(30)28(23-17-9-3-10-18-23,24-19-11-4-12-20-24)33-26(31)27(32,21-13-5-1-6-14-21)22-15-7-2-8-16-22/h1-20,32H,(H,29,30). The normalized spacial score (nSPS) is 11.5. The van der Waals surface area contributed by atoms with Crippen molar-refractivity contribution in [1.29, 1.82) is 0 Å². The largest absolute Gasteiger partial charge is 0.478 e. The molecule has 0 amide bonds. The lowest BCUT2D eigenvalue weighted by atomic mass is 9.83. The first kappa shape index (κ1) is 22.0. The van der Waals surface area contributed by atoms with Crippen LogP contribution in [0.5, 0.6) is 0 Å². The number of esters is 1. The van der Waals surface area contributed by atoms with Gasteiger partial charge in [0.15, 0.2) is 0 Å². The van der Waals surface area contributed by atoms with Crippen molar-refractivity contribution in [2.24, 2.45) is 0 Å². The number of carboxylic acid groups (broad SMARTS) is 1. The topological polar surface area (TPSA) is 83.8 Å². The molecule has 164 valence electrons. The lowest BCUT2D eigenvalue weighted by molar-refractivity contribution is -0.187. The number of hydrogen-bond donors (Lipinski definition) is 2. The van der Waals surface area contributed by atoms with Crippen molar-refractivity contribution >= 4 is 11.9 Å². The molecule has 33 heavy (non-hydrogen) atoms. The zero-order chi connectivity index (χ0) is 23.3. The molecule has 0 aliphatic heterocycles. The smallest absolute Gasteiger partial charge is 0.357 e. The minimum Gasteiger partial charge on any atom is -0.478 e. The maximum Gasteiger partial charge on any atom is 0.357 e. The highest BCUT2D eigenvalue weighted by Gasteiger charge is 2.52. The molecule has 0 aromatic heterocycles. The maximum atomic E-state index is 13.8. The van der Waals surface area contributed by atoms with Gasteiger partial charge in [-0.1, -0.05) is 121 Å². The molecule has 4 aromatic rings. The molecule has 4 aromatic carbocycles. The van der Waals surface area contributed by atoms with Crippen molar-refractivity contribution in [3.63, 3.8) is 0 Å². The minimum atomic E-state index is -2.23. The Balaban J connectivity index is 1.91. The van der Waals surface area contributed by atoms with E-state index in [2.05, 4.69) is 0 Å². The van der Waals surface area contributed by atoms with E-state index in [0.717, 1.165) is 0 Å². The average Bonchev–Trinajstić information content (AvgIpc) is 2.88. The van der Waals surface area contributed by atoms with Gasteiger partial charge >= 0.3 is 11.9 Å². The number of carbonyl (C=O) groups is 2. The summed E-state index contributed by atoms with van der Waals surface area (Å²) in [5.74, 6) is -2.48. The second kappa shape index (κ2) is 9.10. The molecule has 0 aliphatic carbocycles. The van der Waals surface area contributed by atoms with Gasteiger partial charge in [-0.15, -0.1) is 0 Å². The van der Waals surface area contributed by atoms with Crippen LogP contribution in [0.15, 0.2) is 121 Å². The molecule has 0 spiro atoms. The van der Waals surface area contributed by atoms with Gasteiger partial charge in [0.1, 0.15) is 0 Å². The quantitative estimate of drug-likeness (QED) is 0.415. The van der Waals surface area contributed by atoms with Crippen molar-refractivity contribution in [1.82, 2.24) is 0 Å². The Bertz CT molecular complexity index is 1140. The second-order valence-electron chi connectivity index (χ2n) is 7.55. The van der Waals surface area contributed by atoms with Gasteiger partial charge in [0.2, 0.25) is 5.60 Å². The Labute approximate surface area is 191 Å². The van der Waals surface area contributed by atoms with Crippen LogP contribution in [0.4, 0.5) is 0 Å². The third kappa shape index (κ3) is 3.90. The lowest BCUT2D eigenvalue weighted by Crippen LogP contribution is -2.48. The zero-order valence-corrected chi connectivity index (χ0v) is 17.7. The number of carboxylic acids is 1. The van der Waals surface area contributed by atoms with E-state index in [0.29, 0.717) is 0 Å². The molecule has 0 radical (unpaired) electrons. The fourth-order valence-corrected chi connectivity index (χ4v) is 3.89. The second-order valence-corrected chi connectivity index (χ2v) is 7.55. The summed E-state index contributed by atoms with van der Waals surface area (Å²) in [6.45, 7) is 0. The molecule has 0 saturated heterocycles. The van der Waals surface area contributed by atoms with Crippen LogP contribution >= 0.6 is 0 Å². The van der Waals surface area contributed by atoms with Gasteiger partial charge in [-0.2, -0.15) is 0 Å². The van der Waals surface area contributed by atoms with E-state index in [4.69, 9.17) is 4.74 Å². The van der Waals surface area contributed by atoms with Crippen molar-refractivity contribution in [2.45, 2.75) is 11.2 Å². The summed E-state index contributed by atoms with van der Waals surface area (Å²) in [5.41, 5.74) is -3.37. The van der Waals surface area contributed by atoms with E-state index in [1.54, 1.807) is 121 Å². The van der Waals surface area contributed by atoms with E-state index in [-0.39, 0.29) is 22.3 Å². The first-order chi connectivity index (χ1) is 16.0. The Hall–Kier alpha value is -4.22. The summed E-state index contributed by atoms with van der Waals surface area (Å²) >= 11 is 0. The van der Waals surface area contributed by atoms with Crippen molar-refractivity contribution in [2.75, 3.05) is 0 Å². The molecule has 0 fully saturated rings. The molecular weight excluding hydrogens is 416 g/mol. The predicted molar refractivity (Wildman–Crippen MR) is 123 cm³/mol. The SMILES string of the molecule is O=C(OC(C(=O)O)(c1ccccc1)c1ccccc1)C(O)(c1ccccc1)c1ccccc1. The van der Waals surface area contributed by atoms with Gasteiger partial charge in [0, 0.05) is 11.1 Å². The Kier molecular flexibility index (Phi) is 6.07. The van der Waals surface area contributed by atoms with Crippen LogP contribution in [0.1, 0.15) is 22.3 Å². The molecule has 5 heteroatoms. The summed E-state index contributed by atoms with van der Waals surface area (Å²) < 4.78 is 5.86. The first-order valence-corrected chi connectivity index (χ1v) is 10.4. The third-order valence-electron chi connectivity index (χ3n) is 5.59. The van der Waals surface area contributed by atoms with Crippen LogP contribution in [0.2, 0.25) is 0 Å². The number of carbonyl (C=O) groups excluding carboxylic acids is 1. The summed E-state index contributed by atoms with van der Waals surface area (Å²) in [4.78, 5) is 26.6. The summed E-state index contributed by atoms with van der Waals surface area (Å²) in [6.07, 6.45) is 0. The van der Waals surface area contributed by atoms with E-state index < -0.39 is 23.1 Å². The summed E-state index contributed by atoms with van der Waals surface area (Å²) in [6, 6.07) is 33.2. The lowest BCUT2D eigenvalue weighted by Gasteiger charge is -2.35. The monoisotopic (exact) mass is 438 g/mol. The number of ether oxygens (including phenoxy) is 1. The number of aliphatic carboxylic acids is 1. The van der Waals surface area contributed by atoms with Gasteiger partial charge in [-0.25, -0.2) is 9.59 Å². The van der Waals surface area contributed by atoms with E-state index in [1.807, 2.05) is 0 Å². The molecule has 4 rings (SSSR count). The molecule has 0 unspecified atom stereocenters. The van der Waals surface area contributed by atoms with Crippen molar-refractivity contribution < 1.29 is 24.5 Å². The molecule has 0 bridgehead atoms. The minimum absolute atomic E-state index is 0.250. The number of rotatable bonds is 7. The van der Waals surface area contributed by atoms with Crippen LogP contribution < -0.4 is 0 Å². The van der Waals surface area contributed by atoms with Crippen LogP contribution in [0, 0.1) is 0 Å². The van der Waals surface area contributed by atoms with Crippen LogP contribution in [-0.4, -0.2) is 22.2 Å². The Morgan fingerprint density at radius 3 is 1.15 bits per heavy atom. The molecule has 2 N–H and O–H groups in total. The molecule has 0 atom stereocenters. The van der Waals surface area contributed by atoms with Crippen LogP contribution in [0.25, 0.3) is 0 Å². The summed E-state index contributed by atoms with van der Waals surface area (Å²) in [5, 5.41) is 22.2. The third-order valence-corrected chi connectivity index (χ3v) is 5.59. The van der Waals surface area contributed by atoms with Crippen LogP contribution in [-0.2, 0) is 25.5 Å². The van der Waals surface area contributed by atoms with E-state index in [1.165, 1.54) is 0 Å². The van der Waals surface area contributed by atoms with Gasteiger partial charge in [0.25, 0.3) is 5.60 Å². The molecular formula is C28H22O5. The zero-order valence-electron chi connectivity index (χ0n) is 17.7. The molecule has 0 saturated carbocycles. The fraction of sp³-hybridized carbons (Fsp3) is 0.0714. The van der Waals surface area contributed by atoms with Gasteiger partial charge in [-0.05, 0) is 11.1 Å². The highest BCUT2D eigenvalue weighted by Crippen LogP contribution is 2.39. The predicted octanol–water partition coefficient (Wildman–Crippen LogP) is 4.49. The fourth-order valence-electron chi connectivity index (χ4n) is 3.89. The first-order valence-electron chi connectivity index (χ1n) is 10.4. The molecule has 5 nitrogen and oxygen atoms in total. The van der Waals surface area contributed by atoms with E-state index >= 15 is 0 Å². The van der Waals surface area contributed by atoms with Gasteiger partial charge in [-0.3, -0.25) is 0 Å². The Morgan fingerprint density at radius 1 is 0.545 bits per heavy atom. The number of hydrogen-bond acceptors (Lipinski definition) is 4. The average molecular weight is 438 g/mol.